The van der Waals surface area contributed by atoms with Crippen molar-refractivity contribution in [1.29, 1.82) is 0 Å². The molecule has 0 aliphatic heterocycles. The van der Waals surface area contributed by atoms with E-state index in [1.165, 1.54) is 6.42 Å². The fourth-order valence-electron chi connectivity index (χ4n) is 6.49. The fraction of sp³-hybridized carbons (Fsp3) is 0.769. The second-order valence-electron chi connectivity index (χ2n) is 11.0. The lowest BCUT2D eigenvalue weighted by Gasteiger charge is -2.40. The van der Waals surface area contributed by atoms with Gasteiger partial charge in [-0.2, -0.15) is 0 Å². The Bertz CT molecular complexity index is 760. The predicted molar refractivity (Wildman–Crippen MR) is 121 cm³/mol. The highest BCUT2D eigenvalue weighted by molar-refractivity contribution is 5.48. The summed E-state index contributed by atoms with van der Waals surface area (Å²) < 4.78 is 16.3. The molecule has 3 rings (SSSR count). The Hall–Kier alpha value is -1.45. The number of nitro groups is 1. The fourth-order valence-corrected chi connectivity index (χ4v) is 6.49. The Kier molecular flexibility index (Phi) is 7.24. The summed E-state index contributed by atoms with van der Waals surface area (Å²) in [6, 6.07) is 3.35. The van der Waals surface area contributed by atoms with Crippen LogP contribution in [0, 0.1) is 51.4 Å². The number of hydrogen-bond donors (Lipinski definition) is 0. The van der Waals surface area contributed by atoms with Crippen molar-refractivity contribution in [2.75, 3.05) is 0 Å². The quantitative estimate of drug-likeness (QED) is 0.359. The minimum atomic E-state index is -0.359. The summed E-state index contributed by atoms with van der Waals surface area (Å²) >= 11 is 0. The van der Waals surface area contributed by atoms with Gasteiger partial charge in [0.15, 0.2) is 0 Å². The van der Waals surface area contributed by atoms with E-state index in [2.05, 4.69) is 41.5 Å². The lowest BCUT2D eigenvalue weighted by Crippen LogP contribution is -2.29. The highest BCUT2D eigenvalue weighted by Crippen LogP contribution is 2.50. The first-order valence-electron chi connectivity index (χ1n) is 12.1. The molecule has 0 spiro atoms. The molecule has 4 heteroatoms. The van der Waals surface area contributed by atoms with Crippen LogP contribution in [0.1, 0.15) is 103 Å². The summed E-state index contributed by atoms with van der Waals surface area (Å²) in [5.74, 6) is 2.50. The molecule has 0 bridgehead atoms. The van der Waals surface area contributed by atoms with E-state index in [1.807, 2.05) is 0 Å². The van der Waals surface area contributed by atoms with Gasteiger partial charge in [0, 0.05) is 6.07 Å². The SMILES string of the molecule is CC1CCC(C(C)C)C(c2ccc([N+](=O)[O-])c(C3CC(C)CCC3C(C)C)c2F)C1. The van der Waals surface area contributed by atoms with Crippen molar-refractivity contribution in [3.05, 3.63) is 39.2 Å². The van der Waals surface area contributed by atoms with E-state index in [0.29, 0.717) is 41.1 Å². The number of nitro benzene ring substituents is 1. The monoisotopic (exact) mass is 417 g/mol. The molecule has 0 aromatic heterocycles. The van der Waals surface area contributed by atoms with Crippen LogP contribution in [0.5, 0.6) is 0 Å². The van der Waals surface area contributed by atoms with Gasteiger partial charge in [0.2, 0.25) is 0 Å². The maximum Gasteiger partial charge on any atom is 0.275 e. The number of nitrogens with zero attached hydrogens (tertiary/aromatic N) is 1. The van der Waals surface area contributed by atoms with Crippen molar-refractivity contribution in [3.63, 3.8) is 0 Å². The smallest absolute Gasteiger partial charge is 0.258 e. The molecule has 0 heterocycles. The average molecular weight is 418 g/mol. The molecule has 1 aromatic rings. The number of hydrogen-bond acceptors (Lipinski definition) is 2. The first-order valence-corrected chi connectivity index (χ1v) is 12.1. The Labute approximate surface area is 182 Å². The standard InChI is InChI=1S/C26H40FNO2/c1-15(2)19-9-7-17(5)13-22(19)21-11-12-24(28(29)30)25(26(21)27)23-14-18(6)8-10-20(23)16(3)4/h11-12,15-20,22-23H,7-10,13-14H2,1-6H3. The molecule has 6 unspecified atom stereocenters. The molecule has 2 aliphatic rings. The van der Waals surface area contributed by atoms with Gasteiger partial charge in [-0.05, 0) is 84.7 Å². The Morgan fingerprint density at radius 3 is 1.90 bits per heavy atom. The van der Waals surface area contributed by atoms with Crippen LogP contribution in [0.3, 0.4) is 0 Å². The van der Waals surface area contributed by atoms with Crippen molar-refractivity contribution >= 4 is 5.69 Å². The minimum Gasteiger partial charge on any atom is -0.258 e. The zero-order valence-electron chi connectivity index (χ0n) is 19.7. The Balaban J connectivity index is 2.13. The normalized spacial score (nSPS) is 32.6. The van der Waals surface area contributed by atoms with Crippen LogP contribution in [-0.4, -0.2) is 4.92 Å². The lowest BCUT2D eigenvalue weighted by molar-refractivity contribution is -0.386. The van der Waals surface area contributed by atoms with Crippen LogP contribution in [0.25, 0.3) is 0 Å². The average Bonchev–Trinajstić information content (AvgIpc) is 2.66. The summed E-state index contributed by atoms with van der Waals surface area (Å²) in [6.45, 7) is 13.3. The topological polar surface area (TPSA) is 43.1 Å². The van der Waals surface area contributed by atoms with Crippen LogP contribution in [0.2, 0.25) is 0 Å². The van der Waals surface area contributed by atoms with Gasteiger partial charge in [0.25, 0.3) is 5.69 Å². The molecule has 2 saturated carbocycles. The molecule has 2 aliphatic carbocycles. The molecular formula is C26H40FNO2. The number of benzene rings is 1. The van der Waals surface area contributed by atoms with Crippen LogP contribution in [-0.2, 0) is 0 Å². The van der Waals surface area contributed by atoms with Gasteiger partial charge in [-0.25, -0.2) is 4.39 Å². The highest BCUT2D eigenvalue weighted by Gasteiger charge is 2.40. The third-order valence-corrected chi connectivity index (χ3v) is 8.20. The van der Waals surface area contributed by atoms with Gasteiger partial charge >= 0.3 is 0 Å². The Morgan fingerprint density at radius 1 is 0.900 bits per heavy atom. The zero-order valence-corrected chi connectivity index (χ0v) is 19.7. The lowest BCUT2D eigenvalue weighted by atomic mass is 9.65. The summed E-state index contributed by atoms with van der Waals surface area (Å²) in [6.07, 6.45) is 6.29. The third kappa shape index (κ3) is 4.57. The Morgan fingerprint density at radius 2 is 1.40 bits per heavy atom. The van der Waals surface area contributed by atoms with Crippen molar-refractivity contribution in [2.45, 2.75) is 91.9 Å². The second kappa shape index (κ2) is 9.36. The highest BCUT2D eigenvalue weighted by atomic mass is 19.1. The summed E-state index contributed by atoms with van der Waals surface area (Å²) in [7, 11) is 0. The van der Waals surface area contributed by atoms with Crippen molar-refractivity contribution in [2.24, 2.45) is 35.5 Å². The molecule has 0 radical (unpaired) electrons. The molecule has 0 saturated heterocycles. The van der Waals surface area contributed by atoms with Crippen LogP contribution in [0.4, 0.5) is 10.1 Å². The van der Waals surface area contributed by atoms with E-state index >= 15 is 4.39 Å². The second-order valence-corrected chi connectivity index (χ2v) is 11.0. The summed E-state index contributed by atoms with van der Waals surface area (Å²) in [5, 5.41) is 11.9. The first kappa shape index (κ1) is 23.2. The maximum atomic E-state index is 16.3. The largest absolute Gasteiger partial charge is 0.275 e. The molecule has 0 N–H and O–H groups in total. The van der Waals surface area contributed by atoms with Gasteiger partial charge in [0.05, 0.1) is 10.5 Å². The van der Waals surface area contributed by atoms with Gasteiger partial charge in [-0.15, -0.1) is 0 Å². The molecule has 0 amide bonds. The number of halogens is 1. The minimum absolute atomic E-state index is 0.00838. The predicted octanol–water partition coefficient (Wildman–Crippen LogP) is 8.09. The van der Waals surface area contributed by atoms with E-state index in [9.17, 15) is 10.1 Å². The van der Waals surface area contributed by atoms with Gasteiger partial charge in [0.1, 0.15) is 5.82 Å². The summed E-state index contributed by atoms with van der Waals surface area (Å²) in [5.41, 5.74) is 1.14. The van der Waals surface area contributed by atoms with E-state index in [-0.39, 0.29) is 28.3 Å². The molecule has 3 nitrogen and oxygen atoms in total. The molecule has 2 fully saturated rings. The van der Waals surface area contributed by atoms with E-state index in [1.54, 1.807) is 12.1 Å². The molecule has 30 heavy (non-hydrogen) atoms. The number of rotatable bonds is 5. The van der Waals surface area contributed by atoms with Crippen molar-refractivity contribution in [1.82, 2.24) is 0 Å². The van der Waals surface area contributed by atoms with E-state index in [4.69, 9.17) is 0 Å². The van der Waals surface area contributed by atoms with Crippen molar-refractivity contribution in [3.8, 4) is 0 Å². The van der Waals surface area contributed by atoms with E-state index < -0.39 is 0 Å². The molecule has 1 aromatic carbocycles. The van der Waals surface area contributed by atoms with Crippen LogP contribution >= 0.6 is 0 Å². The van der Waals surface area contributed by atoms with Crippen LogP contribution < -0.4 is 0 Å². The maximum absolute atomic E-state index is 16.3. The zero-order chi connectivity index (χ0) is 22.2. The first-order chi connectivity index (χ1) is 14.1. The van der Waals surface area contributed by atoms with Gasteiger partial charge in [-0.3, -0.25) is 10.1 Å². The third-order valence-electron chi connectivity index (χ3n) is 8.20. The molecule has 6 atom stereocenters. The van der Waals surface area contributed by atoms with Crippen LogP contribution in [0.15, 0.2) is 12.1 Å². The van der Waals surface area contributed by atoms with Crippen molar-refractivity contribution < 1.29 is 9.31 Å². The molecular weight excluding hydrogens is 377 g/mol. The van der Waals surface area contributed by atoms with Gasteiger partial charge < -0.3 is 0 Å². The molecule has 168 valence electrons. The summed E-state index contributed by atoms with van der Waals surface area (Å²) in [4.78, 5) is 11.6. The van der Waals surface area contributed by atoms with Gasteiger partial charge in [-0.1, -0.05) is 54.4 Å². The van der Waals surface area contributed by atoms with E-state index in [0.717, 1.165) is 37.7 Å².